The number of hydrogen-bond donors (Lipinski definition) is 2. The van der Waals surface area contributed by atoms with Crippen molar-refractivity contribution in [3.8, 4) is 0 Å². The maximum atomic E-state index is 6.46. The van der Waals surface area contributed by atoms with Gasteiger partial charge in [0.1, 0.15) is 5.15 Å². The molecule has 0 unspecified atom stereocenters. The number of benzene rings is 1. The Morgan fingerprint density at radius 3 is 3.00 bits per heavy atom. The van der Waals surface area contributed by atoms with Gasteiger partial charge < -0.3 is 10.1 Å². The number of rotatable bonds is 6. The molecule has 1 aliphatic rings. The second-order valence-corrected chi connectivity index (χ2v) is 6.91. The summed E-state index contributed by atoms with van der Waals surface area (Å²) in [4.78, 5) is 0. The van der Waals surface area contributed by atoms with E-state index in [1.54, 1.807) is 10.9 Å². The number of halogens is 1. The molecule has 1 aromatic carbocycles. The molecule has 2 aromatic rings. The molecule has 26 heavy (non-hydrogen) atoms. The third-order valence-corrected chi connectivity index (χ3v) is 4.79. The lowest BCUT2D eigenvalue weighted by Gasteiger charge is -2.11. The number of thiocarbonyl (C=S) groups is 1. The molecular weight excluding hydrogens is 370 g/mol. The Morgan fingerprint density at radius 1 is 1.46 bits per heavy atom. The van der Waals surface area contributed by atoms with E-state index in [2.05, 4.69) is 20.9 Å². The van der Waals surface area contributed by atoms with Crippen molar-refractivity contribution >= 4 is 35.1 Å². The van der Waals surface area contributed by atoms with Gasteiger partial charge in [0.15, 0.2) is 5.11 Å². The molecule has 0 amide bonds. The van der Waals surface area contributed by atoms with Crippen LogP contribution in [-0.2, 0) is 11.3 Å². The van der Waals surface area contributed by atoms with Gasteiger partial charge in [-0.15, -0.1) is 0 Å². The van der Waals surface area contributed by atoms with Crippen LogP contribution in [0.3, 0.4) is 0 Å². The van der Waals surface area contributed by atoms with E-state index in [0.717, 1.165) is 36.3 Å². The predicted molar refractivity (Wildman–Crippen MR) is 108 cm³/mol. The summed E-state index contributed by atoms with van der Waals surface area (Å²) in [5, 5.41) is 12.8. The van der Waals surface area contributed by atoms with Crippen LogP contribution in [0, 0.1) is 6.92 Å². The van der Waals surface area contributed by atoms with Crippen LogP contribution in [0.1, 0.15) is 29.7 Å². The van der Waals surface area contributed by atoms with Crippen molar-refractivity contribution in [3.63, 3.8) is 0 Å². The van der Waals surface area contributed by atoms with Crippen molar-refractivity contribution < 1.29 is 4.74 Å². The van der Waals surface area contributed by atoms with Crippen LogP contribution in [-0.4, -0.2) is 40.4 Å². The lowest BCUT2D eigenvalue weighted by atomic mass is 10.2. The van der Waals surface area contributed by atoms with Crippen LogP contribution < -0.4 is 10.7 Å². The molecule has 1 aromatic heterocycles. The number of nitrogens with one attached hydrogen (secondary N) is 2. The summed E-state index contributed by atoms with van der Waals surface area (Å²) in [6.07, 6.45) is 4.04. The van der Waals surface area contributed by atoms with E-state index < -0.39 is 0 Å². The third kappa shape index (κ3) is 5.03. The summed E-state index contributed by atoms with van der Waals surface area (Å²) >= 11 is 11.7. The minimum absolute atomic E-state index is 0.228. The van der Waals surface area contributed by atoms with E-state index in [1.807, 2.05) is 37.3 Å². The topological polar surface area (TPSA) is 63.5 Å². The average molecular weight is 392 g/mol. The van der Waals surface area contributed by atoms with Gasteiger partial charge in [-0.25, -0.2) is 4.68 Å². The Balaban J connectivity index is 1.55. The first-order chi connectivity index (χ1) is 12.6. The molecule has 6 nitrogen and oxygen atoms in total. The monoisotopic (exact) mass is 391 g/mol. The largest absolute Gasteiger partial charge is 0.376 e. The van der Waals surface area contributed by atoms with Crippen LogP contribution in [0.25, 0.3) is 0 Å². The molecule has 0 aliphatic carbocycles. The smallest absolute Gasteiger partial charge is 0.187 e. The minimum Gasteiger partial charge on any atom is -0.376 e. The maximum absolute atomic E-state index is 6.46. The number of hydrazone groups is 1. The molecule has 1 atom stereocenters. The van der Waals surface area contributed by atoms with Gasteiger partial charge in [0.25, 0.3) is 0 Å². The van der Waals surface area contributed by atoms with Crippen molar-refractivity contribution in [3.05, 3.63) is 52.3 Å². The molecule has 0 bridgehead atoms. The lowest BCUT2D eigenvalue weighted by Crippen LogP contribution is -2.37. The summed E-state index contributed by atoms with van der Waals surface area (Å²) in [5.41, 5.74) is 5.53. The van der Waals surface area contributed by atoms with Crippen LogP contribution in [0.4, 0.5) is 0 Å². The number of aromatic nitrogens is 2. The highest BCUT2D eigenvalue weighted by Crippen LogP contribution is 2.19. The molecule has 2 N–H and O–H groups in total. The normalized spacial score (nSPS) is 16.9. The van der Waals surface area contributed by atoms with E-state index >= 15 is 0 Å². The number of nitrogens with zero attached hydrogens (tertiary/aromatic N) is 3. The summed E-state index contributed by atoms with van der Waals surface area (Å²) in [7, 11) is 0. The average Bonchev–Trinajstić information content (AvgIpc) is 3.25. The fraction of sp³-hybridized carbons (Fsp3) is 0.389. The van der Waals surface area contributed by atoms with Gasteiger partial charge in [0, 0.05) is 13.2 Å². The van der Waals surface area contributed by atoms with Crippen molar-refractivity contribution in [1.29, 1.82) is 0 Å². The van der Waals surface area contributed by atoms with Crippen LogP contribution in [0.2, 0.25) is 5.15 Å². The van der Waals surface area contributed by atoms with Crippen LogP contribution in [0.15, 0.2) is 35.4 Å². The van der Waals surface area contributed by atoms with Crippen molar-refractivity contribution in [2.24, 2.45) is 5.10 Å². The zero-order valence-corrected chi connectivity index (χ0v) is 16.2. The van der Waals surface area contributed by atoms with Crippen LogP contribution in [0.5, 0.6) is 0 Å². The first kappa shape index (κ1) is 18.8. The van der Waals surface area contributed by atoms with Crippen molar-refractivity contribution in [2.75, 3.05) is 13.2 Å². The van der Waals surface area contributed by atoms with E-state index in [0.29, 0.717) is 23.4 Å². The quantitative estimate of drug-likeness (QED) is 0.450. The molecule has 0 spiro atoms. The summed E-state index contributed by atoms with van der Waals surface area (Å²) in [5.74, 6) is 0. The SMILES string of the molecule is Cc1nn(Cc2ccccc2)c(Cl)c1/C=N\NC(=S)NC[C@H]1CCCO1. The molecule has 1 saturated heterocycles. The fourth-order valence-corrected chi connectivity index (χ4v) is 3.20. The molecule has 1 fully saturated rings. The third-order valence-electron chi connectivity index (χ3n) is 4.16. The number of aryl methyl sites for hydroxylation is 1. The van der Waals surface area contributed by atoms with E-state index in [1.165, 1.54) is 0 Å². The minimum atomic E-state index is 0.228. The Kier molecular flexibility index (Phi) is 6.60. The first-order valence-electron chi connectivity index (χ1n) is 8.59. The summed E-state index contributed by atoms with van der Waals surface area (Å²) in [6, 6.07) is 10.1. The Bertz CT molecular complexity index is 771. The van der Waals surface area contributed by atoms with Crippen LogP contribution >= 0.6 is 23.8 Å². The molecule has 1 aliphatic heterocycles. The Hall–Kier alpha value is -1.96. The zero-order chi connectivity index (χ0) is 18.4. The maximum Gasteiger partial charge on any atom is 0.187 e. The fourth-order valence-electron chi connectivity index (χ4n) is 2.78. The van der Waals surface area contributed by atoms with Gasteiger partial charge in [-0.3, -0.25) is 5.43 Å². The van der Waals surface area contributed by atoms with Crippen molar-refractivity contribution in [2.45, 2.75) is 32.4 Å². The summed E-state index contributed by atoms with van der Waals surface area (Å²) < 4.78 is 7.31. The standard InChI is InChI=1S/C18H22ClN5OS/c1-13-16(11-21-22-18(26)20-10-15-8-5-9-25-15)17(19)24(23-13)12-14-6-3-2-4-7-14/h2-4,6-7,11,15H,5,8-10,12H2,1H3,(H2,20,22,26)/b21-11-/t15-/m1/s1. The van der Waals surface area contributed by atoms with Gasteiger partial charge >= 0.3 is 0 Å². The lowest BCUT2D eigenvalue weighted by molar-refractivity contribution is 0.114. The molecule has 8 heteroatoms. The molecular formula is C18H22ClN5OS. The molecule has 138 valence electrons. The highest BCUT2D eigenvalue weighted by Gasteiger charge is 2.15. The predicted octanol–water partition coefficient (Wildman–Crippen LogP) is 2.87. The van der Waals surface area contributed by atoms with Gasteiger partial charge in [-0.05, 0) is 37.5 Å². The van der Waals surface area contributed by atoms with Gasteiger partial charge in [0.05, 0.1) is 30.1 Å². The zero-order valence-electron chi connectivity index (χ0n) is 14.6. The second-order valence-electron chi connectivity index (χ2n) is 6.15. The van der Waals surface area contributed by atoms with Gasteiger partial charge in [-0.2, -0.15) is 10.2 Å². The second kappa shape index (κ2) is 9.12. The highest BCUT2D eigenvalue weighted by atomic mass is 35.5. The van der Waals surface area contributed by atoms with E-state index in [4.69, 9.17) is 28.6 Å². The highest BCUT2D eigenvalue weighted by molar-refractivity contribution is 7.80. The van der Waals surface area contributed by atoms with Crippen molar-refractivity contribution in [1.82, 2.24) is 20.5 Å². The Labute approximate surface area is 163 Å². The Morgan fingerprint density at radius 2 is 2.27 bits per heavy atom. The molecule has 2 heterocycles. The van der Waals surface area contributed by atoms with E-state index in [-0.39, 0.29) is 6.10 Å². The number of hydrogen-bond acceptors (Lipinski definition) is 4. The van der Waals surface area contributed by atoms with E-state index in [9.17, 15) is 0 Å². The molecule has 0 saturated carbocycles. The van der Waals surface area contributed by atoms with Gasteiger partial charge in [0.2, 0.25) is 0 Å². The van der Waals surface area contributed by atoms with Gasteiger partial charge in [-0.1, -0.05) is 41.9 Å². The first-order valence-corrected chi connectivity index (χ1v) is 9.37. The number of ether oxygens (including phenoxy) is 1. The molecule has 3 rings (SSSR count). The summed E-state index contributed by atoms with van der Waals surface area (Å²) in [6.45, 7) is 4.04. The molecule has 0 radical (unpaired) electrons.